The van der Waals surface area contributed by atoms with Gasteiger partial charge in [-0.15, -0.1) is 0 Å². The number of nitrogens with two attached hydrogens (primary N) is 1. The Balaban J connectivity index is 3.28. The fourth-order valence-corrected chi connectivity index (χ4v) is 3.40. The highest BCUT2D eigenvalue weighted by Gasteiger charge is 2.35. The van der Waals surface area contributed by atoms with Crippen LogP contribution in [0.15, 0.2) is 29.7 Å². The summed E-state index contributed by atoms with van der Waals surface area (Å²) in [4.78, 5) is 6.07. The second-order valence-corrected chi connectivity index (χ2v) is 8.56. The van der Waals surface area contributed by atoms with E-state index < -0.39 is 17.4 Å². The van der Waals surface area contributed by atoms with Crippen molar-refractivity contribution >= 4 is 17.8 Å². The van der Waals surface area contributed by atoms with Gasteiger partial charge in [-0.05, 0) is 36.3 Å². The highest BCUT2D eigenvalue weighted by molar-refractivity contribution is 6.32. The first kappa shape index (κ1) is 25.0. The van der Waals surface area contributed by atoms with Crippen molar-refractivity contribution < 1.29 is 13.2 Å². The highest BCUT2D eigenvalue weighted by atomic mass is 35.5. The lowest BCUT2D eigenvalue weighted by Crippen LogP contribution is -2.36. The molecule has 0 unspecified atom stereocenters. The van der Waals surface area contributed by atoms with Crippen molar-refractivity contribution in [2.24, 2.45) is 11.1 Å². The first-order valence-electron chi connectivity index (χ1n) is 9.37. The fraction of sp³-hybridized carbons (Fsp3) is 0.524. The number of rotatable bonds is 8. The van der Waals surface area contributed by atoms with Gasteiger partial charge in [-0.2, -0.15) is 13.2 Å². The summed E-state index contributed by atoms with van der Waals surface area (Å²) in [5.41, 5.74) is 6.03. The Bertz CT molecular complexity index is 792. The first-order valence-corrected chi connectivity index (χ1v) is 9.75. The van der Waals surface area contributed by atoms with Crippen LogP contribution in [0.25, 0.3) is 0 Å². The van der Waals surface area contributed by atoms with Crippen molar-refractivity contribution in [1.29, 1.82) is 5.41 Å². The lowest BCUT2D eigenvalue weighted by Gasteiger charge is -2.34. The molecule has 1 rings (SSSR count). The Labute approximate surface area is 176 Å². The van der Waals surface area contributed by atoms with Gasteiger partial charge >= 0.3 is 6.18 Å². The number of hydrogen-bond acceptors (Lipinski definition) is 4. The molecule has 0 bridgehead atoms. The van der Waals surface area contributed by atoms with Gasteiger partial charge in [0, 0.05) is 36.8 Å². The van der Waals surface area contributed by atoms with E-state index in [0.29, 0.717) is 37.2 Å². The summed E-state index contributed by atoms with van der Waals surface area (Å²) in [7, 11) is 0. The van der Waals surface area contributed by atoms with E-state index in [1.807, 2.05) is 34.6 Å². The van der Waals surface area contributed by atoms with E-state index in [9.17, 15) is 13.2 Å². The van der Waals surface area contributed by atoms with E-state index in [1.165, 1.54) is 0 Å². The SMILES string of the molecule is C=C(/C(C=N)=C(/N)C(F)(F)F)N(CCc1c(C)cnc(CC)c1Cl)CC(C)(C)C. The maximum Gasteiger partial charge on any atom is 0.431 e. The van der Waals surface area contributed by atoms with Crippen LogP contribution < -0.4 is 5.73 Å². The molecule has 0 amide bonds. The number of nitrogens with zero attached hydrogens (tertiary/aromatic N) is 2. The third-order valence-electron chi connectivity index (χ3n) is 4.47. The zero-order valence-corrected chi connectivity index (χ0v) is 18.4. The molecule has 3 N–H and O–H groups in total. The molecule has 0 atom stereocenters. The molecule has 0 radical (unpaired) electrons. The van der Waals surface area contributed by atoms with Crippen molar-refractivity contribution in [2.45, 2.75) is 53.6 Å². The number of nitrogens with one attached hydrogen (secondary N) is 1. The zero-order valence-electron chi connectivity index (χ0n) is 17.7. The molecule has 162 valence electrons. The van der Waals surface area contributed by atoms with Crippen LogP contribution in [0.3, 0.4) is 0 Å². The van der Waals surface area contributed by atoms with Crippen molar-refractivity contribution in [3.63, 3.8) is 0 Å². The molecule has 0 aliphatic heterocycles. The summed E-state index contributed by atoms with van der Waals surface area (Å²) in [6.07, 6.45) is -1.17. The molecule has 0 fully saturated rings. The van der Waals surface area contributed by atoms with Gasteiger partial charge in [-0.3, -0.25) is 4.98 Å². The largest absolute Gasteiger partial charge is 0.431 e. The van der Waals surface area contributed by atoms with Gasteiger partial charge in [0.15, 0.2) is 0 Å². The van der Waals surface area contributed by atoms with Gasteiger partial charge in [0.05, 0.1) is 10.7 Å². The molecule has 0 aromatic carbocycles. The Morgan fingerprint density at radius 3 is 2.38 bits per heavy atom. The van der Waals surface area contributed by atoms with Crippen LogP contribution in [-0.4, -0.2) is 35.4 Å². The molecule has 4 nitrogen and oxygen atoms in total. The Morgan fingerprint density at radius 1 is 1.34 bits per heavy atom. The second kappa shape index (κ2) is 9.65. The quantitative estimate of drug-likeness (QED) is 0.426. The zero-order chi connectivity index (χ0) is 22.6. The predicted molar refractivity (Wildman–Crippen MR) is 113 cm³/mol. The number of allylic oxidation sites excluding steroid dienone is 2. The molecular formula is C21H30ClF3N4. The highest BCUT2D eigenvalue weighted by Crippen LogP contribution is 2.30. The molecular weight excluding hydrogens is 401 g/mol. The second-order valence-electron chi connectivity index (χ2n) is 8.18. The van der Waals surface area contributed by atoms with E-state index in [0.717, 1.165) is 16.8 Å². The minimum Gasteiger partial charge on any atom is -0.394 e. The molecule has 1 aromatic rings. The molecule has 0 saturated heterocycles. The van der Waals surface area contributed by atoms with Crippen LogP contribution in [0.2, 0.25) is 5.02 Å². The maximum atomic E-state index is 13.1. The molecule has 0 spiro atoms. The Morgan fingerprint density at radius 2 is 1.93 bits per heavy atom. The molecule has 29 heavy (non-hydrogen) atoms. The fourth-order valence-electron chi connectivity index (χ4n) is 2.98. The number of alkyl halides is 3. The standard InChI is InChI=1S/C21H30ClF3N4/c1-7-17-18(22)15(13(2)11-28-17)8-9-29(12-20(4,5)6)14(3)16(10-26)19(27)21(23,24)25/h10-11,26H,3,7-9,12,27H2,1-2,4-6H3/b19-16+,26-10?. The smallest absolute Gasteiger partial charge is 0.394 e. The number of aryl methyl sites for hydroxylation is 2. The van der Waals surface area contributed by atoms with Crippen molar-refractivity contribution in [3.05, 3.63) is 51.6 Å². The van der Waals surface area contributed by atoms with Gasteiger partial charge < -0.3 is 16.0 Å². The lowest BCUT2D eigenvalue weighted by molar-refractivity contribution is -0.0931. The van der Waals surface area contributed by atoms with E-state index in [4.69, 9.17) is 22.7 Å². The molecule has 1 heterocycles. The van der Waals surface area contributed by atoms with Crippen LogP contribution >= 0.6 is 11.6 Å². The Hall–Kier alpha value is -2.02. The molecule has 1 aromatic heterocycles. The van der Waals surface area contributed by atoms with Gasteiger partial charge in [0.1, 0.15) is 5.70 Å². The summed E-state index contributed by atoms with van der Waals surface area (Å²) < 4.78 is 39.4. The number of aromatic nitrogens is 1. The van der Waals surface area contributed by atoms with Crippen LogP contribution in [0.1, 0.15) is 44.5 Å². The lowest BCUT2D eigenvalue weighted by atomic mass is 9.94. The van der Waals surface area contributed by atoms with Crippen LogP contribution in [0.4, 0.5) is 13.2 Å². The molecule has 0 aliphatic carbocycles. The summed E-state index contributed by atoms with van der Waals surface area (Å²) in [6, 6.07) is 0. The van der Waals surface area contributed by atoms with Crippen LogP contribution in [0.5, 0.6) is 0 Å². The van der Waals surface area contributed by atoms with E-state index in [1.54, 1.807) is 11.1 Å². The summed E-state index contributed by atoms with van der Waals surface area (Å²) in [6.45, 7) is 14.5. The maximum absolute atomic E-state index is 13.1. The molecule has 8 heteroatoms. The number of halogens is 4. The van der Waals surface area contributed by atoms with Gasteiger partial charge in [-0.25, -0.2) is 0 Å². The summed E-state index contributed by atoms with van der Waals surface area (Å²) >= 11 is 6.49. The van der Waals surface area contributed by atoms with Crippen LogP contribution in [-0.2, 0) is 12.8 Å². The average molecular weight is 431 g/mol. The van der Waals surface area contributed by atoms with E-state index in [-0.39, 0.29) is 11.1 Å². The minimum absolute atomic E-state index is 0.0725. The monoisotopic (exact) mass is 430 g/mol. The van der Waals surface area contributed by atoms with Crippen LogP contribution in [0, 0.1) is 17.7 Å². The van der Waals surface area contributed by atoms with Crippen molar-refractivity contribution in [3.8, 4) is 0 Å². The predicted octanol–water partition coefficient (Wildman–Crippen LogP) is 5.43. The number of hydrogen-bond donors (Lipinski definition) is 2. The third-order valence-corrected chi connectivity index (χ3v) is 4.92. The van der Waals surface area contributed by atoms with Gasteiger partial charge in [-0.1, -0.05) is 45.9 Å². The third kappa shape index (κ3) is 6.77. The van der Waals surface area contributed by atoms with Crippen molar-refractivity contribution in [2.75, 3.05) is 13.1 Å². The topological polar surface area (TPSA) is 66.0 Å². The first-order chi connectivity index (χ1) is 13.2. The minimum atomic E-state index is -4.73. The van der Waals surface area contributed by atoms with Crippen molar-refractivity contribution in [1.82, 2.24) is 9.88 Å². The summed E-state index contributed by atoms with van der Waals surface area (Å²) in [5, 5.41) is 8.05. The van der Waals surface area contributed by atoms with Gasteiger partial charge in [0.2, 0.25) is 0 Å². The Kier molecular flexibility index (Phi) is 8.33. The average Bonchev–Trinajstić information content (AvgIpc) is 2.59. The molecule has 0 aliphatic rings. The van der Waals surface area contributed by atoms with E-state index >= 15 is 0 Å². The van der Waals surface area contributed by atoms with Gasteiger partial charge in [0.25, 0.3) is 0 Å². The van der Waals surface area contributed by atoms with E-state index in [2.05, 4.69) is 11.6 Å². The number of pyridine rings is 1. The normalized spacial score (nSPS) is 13.1. The molecule has 0 saturated carbocycles. The summed E-state index contributed by atoms with van der Waals surface area (Å²) in [5.74, 6) is 0.